The number of unbranched alkanes of at least 4 members (excludes halogenated alkanes) is 1. The molecule has 0 radical (unpaired) electrons. The summed E-state index contributed by atoms with van der Waals surface area (Å²) < 4.78 is 0. The van der Waals surface area contributed by atoms with E-state index in [1.165, 1.54) is 69.4 Å². The fourth-order valence-electron chi connectivity index (χ4n) is 5.47. The number of piperidine rings is 1. The van der Waals surface area contributed by atoms with Gasteiger partial charge in [0.25, 0.3) is 0 Å². The van der Waals surface area contributed by atoms with Crippen LogP contribution in [0.2, 0.25) is 0 Å². The van der Waals surface area contributed by atoms with E-state index in [1.54, 1.807) is 0 Å². The topological polar surface area (TPSA) is 33.5 Å². The van der Waals surface area contributed by atoms with E-state index in [9.17, 15) is 5.26 Å². The monoisotopic (exact) mass is 470 g/mol. The van der Waals surface area contributed by atoms with E-state index < -0.39 is 0 Å². The van der Waals surface area contributed by atoms with Gasteiger partial charge in [-0.05, 0) is 92.5 Å². The smallest absolute Gasteiger partial charge is 0.0994 e. The summed E-state index contributed by atoms with van der Waals surface area (Å²) in [5.74, 6) is 0.349. The van der Waals surface area contributed by atoms with Crippen LogP contribution >= 0.6 is 0 Å². The molecule has 0 atom stereocenters. The molecule has 2 aromatic rings. The minimum absolute atomic E-state index is 0.349. The standard InChI is InChI=1S/C31H42N4/c1-25(2)31-15-12-28(23-29(31)24-32)26(3)34-19-21-35(22-20-34)30-13-10-27(11-14-30)9-5-8-18-33-16-6-4-7-17-33/h10-15,23,25H,3-9,16-22H2,1-2H3. The Morgan fingerprint density at radius 2 is 1.63 bits per heavy atom. The molecule has 0 amide bonds. The van der Waals surface area contributed by atoms with Crippen molar-refractivity contribution in [3.05, 3.63) is 71.3 Å². The first kappa shape index (κ1) is 25.3. The highest BCUT2D eigenvalue weighted by molar-refractivity contribution is 5.65. The summed E-state index contributed by atoms with van der Waals surface area (Å²) in [6, 6.07) is 17.8. The van der Waals surface area contributed by atoms with Gasteiger partial charge in [0, 0.05) is 37.6 Å². The van der Waals surface area contributed by atoms with Gasteiger partial charge in [0.05, 0.1) is 11.6 Å². The van der Waals surface area contributed by atoms with Crippen LogP contribution in [0.4, 0.5) is 5.69 Å². The molecule has 4 rings (SSSR count). The van der Waals surface area contributed by atoms with Gasteiger partial charge in [-0.25, -0.2) is 0 Å². The Kier molecular flexibility index (Phi) is 8.88. The number of hydrogen-bond acceptors (Lipinski definition) is 4. The van der Waals surface area contributed by atoms with Gasteiger partial charge < -0.3 is 14.7 Å². The molecule has 2 saturated heterocycles. The number of rotatable bonds is 9. The normalized spacial score (nSPS) is 17.0. The second kappa shape index (κ2) is 12.3. The van der Waals surface area contributed by atoms with Crippen LogP contribution in [-0.4, -0.2) is 55.6 Å². The van der Waals surface area contributed by atoms with E-state index in [4.69, 9.17) is 0 Å². The van der Waals surface area contributed by atoms with Gasteiger partial charge in [-0.3, -0.25) is 0 Å². The molecule has 0 aromatic heterocycles. The largest absolute Gasteiger partial charge is 0.368 e. The van der Waals surface area contributed by atoms with Crippen LogP contribution in [0.1, 0.15) is 74.1 Å². The second-order valence-electron chi connectivity index (χ2n) is 10.5. The molecule has 2 heterocycles. The maximum absolute atomic E-state index is 9.58. The van der Waals surface area contributed by atoms with Crippen molar-refractivity contribution < 1.29 is 0 Å². The summed E-state index contributed by atoms with van der Waals surface area (Å²) in [6.45, 7) is 16.4. The van der Waals surface area contributed by atoms with Crippen molar-refractivity contribution in [2.45, 2.75) is 58.3 Å². The van der Waals surface area contributed by atoms with Crippen LogP contribution in [0, 0.1) is 11.3 Å². The van der Waals surface area contributed by atoms with Crippen LogP contribution in [0.5, 0.6) is 0 Å². The van der Waals surface area contributed by atoms with Gasteiger partial charge in [-0.15, -0.1) is 0 Å². The number of anilines is 1. The van der Waals surface area contributed by atoms with Gasteiger partial charge in [0.1, 0.15) is 0 Å². The number of piperazine rings is 1. The predicted molar refractivity (Wildman–Crippen MR) is 148 cm³/mol. The van der Waals surface area contributed by atoms with E-state index in [2.05, 4.69) is 77.6 Å². The molecule has 0 bridgehead atoms. The van der Waals surface area contributed by atoms with Gasteiger partial charge in [0.15, 0.2) is 0 Å². The first-order chi connectivity index (χ1) is 17.0. The lowest BCUT2D eigenvalue weighted by molar-refractivity contribution is 0.225. The Morgan fingerprint density at radius 1 is 0.914 bits per heavy atom. The van der Waals surface area contributed by atoms with Crippen molar-refractivity contribution in [3.8, 4) is 6.07 Å². The van der Waals surface area contributed by atoms with Gasteiger partial charge >= 0.3 is 0 Å². The number of aryl methyl sites for hydroxylation is 1. The highest BCUT2D eigenvalue weighted by Gasteiger charge is 2.20. The molecule has 0 N–H and O–H groups in total. The highest BCUT2D eigenvalue weighted by atomic mass is 15.3. The SMILES string of the molecule is C=C(c1ccc(C(C)C)c(C#N)c1)N1CCN(c2ccc(CCCCN3CCCCC3)cc2)CC1. The van der Waals surface area contributed by atoms with Crippen molar-refractivity contribution in [2.75, 3.05) is 50.7 Å². The summed E-state index contributed by atoms with van der Waals surface area (Å²) in [5.41, 5.74) is 6.74. The first-order valence-electron chi connectivity index (χ1n) is 13.6. The predicted octanol–water partition coefficient (Wildman–Crippen LogP) is 6.28. The molecule has 0 spiro atoms. The zero-order chi connectivity index (χ0) is 24.6. The average molecular weight is 471 g/mol. The van der Waals surface area contributed by atoms with E-state index in [0.29, 0.717) is 5.92 Å². The van der Waals surface area contributed by atoms with Gasteiger partial charge in [-0.2, -0.15) is 5.26 Å². The highest BCUT2D eigenvalue weighted by Crippen LogP contribution is 2.27. The van der Waals surface area contributed by atoms with Crippen LogP contribution in [0.3, 0.4) is 0 Å². The van der Waals surface area contributed by atoms with Crippen LogP contribution < -0.4 is 4.90 Å². The molecule has 2 fully saturated rings. The molecule has 0 aliphatic carbocycles. The van der Waals surface area contributed by atoms with E-state index in [1.807, 2.05) is 6.07 Å². The molecular weight excluding hydrogens is 428 g/mol. The number of nitriles is 1. The first-order valence-corrected chi connectivity index (χ1v) is 13.6. The zero-order valence-electron chi connectivity index (χ0n) is 21.8. The number of benzene rings is 2. The average Bonchev–Trinajstić information content (AvgIpc) is 2.91. The van der Waals surface area contributed by atoms with Crippen molar-refractivity contribution in [3.63, 3.8) is 0 Å². The van der Waals surface area contributed by atoms with E-state index in [0.717, 1.165) is 48.6 Å². The zero-order valence-corrected chi connectivity index (χ0v) is 21.8. The fourth-order valence-corrected chi connectivity index (χ4v) is 5.47. The van der Waals surface area contributed by atoms with Crippen molar-refractivity contribution >= 4 is 11.4 Å². The quantitative estimate of drug-likeness (QED) is 0.404. The van der Waals surface area contributed by atoms with Crippen molar-refractivity contribution in [2.24, 2.45) is 0 Å². The summed E-state index contributed by atoms with van der Waals surface area (Å²) in [4.78, 5) is 7.48. The summed E-state index contributed by atoms with van der Waals surface area (Å²) in [7, 11) is 0. The van der Waals surface area contributed by atoms with Gasteiger partial charge in [0.2, 0.25) is 0 Å². The van der Waals surface area contributed by atoms with Crippen LogP contribution in [-0.2, 0) is 6.42 Å². The molecule has 35 heavy (non-hydrogen) atoms. The Bertz CT molecular complexity index is 1000. The third-order valence-electron chi connectivity index (χ3n) is 7.73. The lowest BCUT2D eigenvalue weighted by Crippen LogP contribution is -2.45. The molecule has 4 heteroatoms. The van der Waals surface area contributed by atoms with E-state index in [-0.39, 0.29) is 0 Å². The summed E-state index contributed by atoms with van der Waals surface area (Å²) >= 11 is 0. The van der Waals surface area contributed by atoms with Crippen LogP contribution in [0.25, 0.3) is 5.70 Å². The molecule has 2 aliphatic heterocycles. The number of likely N-dealkylation sites (tertiary alicyclic amines) is 1. The maximum Gasteiger partial charge on any atom is 0.0994 e. The molecule has 186 valence electrons. The Balaban J connectivity index is 1.24. The molecule has 0 saturated carbocycles. The lowest BCUT2D eigenvalue weighted by Gasteiger charge is -2.38. The van der Waals surface area contributed by atoms with Crippen LogP contribution in [0.15, 0.2) is 49.0 Å². The molecular formula is C31H42N4. The lowest BCUT2D eigenvalue weighted by atomic mass is 9.95. The van der Waals surface area contributed by atoms with E-state index >= 15 is 0 Å². The number of nitrogens with zero attached hydrogens (tertiary/aromatic N) is 4. The minimum Gasteiger partial charge on any atom is -0.368 e. The Hall–Kier alpha value is -2.77. The minimum atomic E-state index is 0.349. The van der Waals surface area contributed by atoms with Gasteiger partial charge in [-0.1, -0.05) is 51.1 Å². The maximum atomic E-state index is 9.58. The van der Waals surface area contributed by atoms with Crippen molar-refractivity contribution in [1.82, 2.24) is 9.80 Å². The number of hydrogen-bond donors (Lipinski definition) is 0. The third-order valence-corrected chi connectivity index (χ3v) is 7.73. The molecule has 0 unspecified atom stereocenters. The molecule has 2 aliphatic rings. The Morgan fingerprint density at radius 3 is 2.29 bits per heavy atom. The Labute approximate surface area is 212 Å². The fraction of sp³-hybridized carbons (Fsp3) is 0.516. The molecule has 2 aromatic carbocycles. The third kappa shape index (κ3) is 6.67. The molecule has 4 nitrogen and oxygen atoms in total. The second-order valence-corrected chi connectivity index (χ2v) is 10.5. The summed E-state index contributed by atoms with van der Waals surface area (Å²) in [5, 5.41) is 9.58. The summed E-state index contributed by atoms with van der Waals surface area (Å²) in [6.07, 6.45) is 7.96. The van der Waals surface area contributed by atoms with Crippen molar-refractivity contribution in [1.29, 1.82) is 5.26 Å².